The van der Waals surface area contributed by atoms with Gasteiger partial charge in [-0.2, -0.15) is 0 Å². The Kier molecular flexibility index (Phi) is 4.64. The number of hydrogen-bond donors (Lipinski definition) is 0. The van der Waals surface area contributed by atoms with E-state index in [1.54, 1.807) is 0 Å². The summed E-state index contributed by atoms with van der Waals surface area (Å²) in [6.07, 6.45) is 1.56. The molecule has 0 aromatic carbocycles. The highest BCUT2D eigenvalue weighted by molar-refractivity contribution is 4.82. The molecule has 0 spiro atoms. The van der Waals surface area contributed by atoms with Crippen molar-refractivity contribution in [2.45, 2.75) is 61.0 Å². The molecule has 0 saturated carbocycles. The molecule has 0 bridgehead atoms. The summed E-state index contributed by atoms with van der Waals surface area (Å²) in [6.45, 7) is 16.0. The van der Waals surface area contributed by atoms with Crippen LogP contribution in [0.1, 0.15) is 54.9 Å². The van der Waals surface area contributed by atoms with Crippen molar-refractivity contribution in [3.05, 3.63) is 0 Å². The molecule has 0 aromatic heterocycles. The molecule has 86 valence electrons. The molecule has 0 N–H and O–H groups in total. The Bertz CT molecular complexity index is 159. The van der Waals surface area contributed by atoms with Crippen molar-refractivity contribution in [3.8, 4) is 0 Å². The van der Waals surface area contributed by atoms with Gasteiger partial charge < -0.3 is 4.74 Å². The van der Waals surface area contributed by atoms with E-state index >= 15 is 0 Å². The van der Waals surface area contributed by atoms with Gasteiger partial charge in [0.05, 0.1) is 6.10 Å². The second kappa shape index (κ2) is 4.65. The summed E-state index contributed by atoms with van der Waals surface area (Å²) in [5.41, 5.74) is 0.702. The summed E-state index contributed by atoms with van der Waals surface area (Å²) in [5.74, 6) is 0.618. The van der Waals surface area contributed by atoms with Gasteiger partial charge in [0.25, 0.3) is 0 Å². The molecular weight excluding hydrogens is 172 g/mol. The van der Waals surface area contributed by atoms with Gasteiger partial charge in [-0.05, 0) is 30.1 Å². The third-order valence-electron chi connectivity index (χ3n) is 2.88. The van der Waals surface area contributed by atoms with Gasteiger partial charge in [-0.15, -0.1) is 0 Å². The maximum Gasteiger partial charge on any atom is 0.0576 e. The van der Waals surface area contributed by atoms with E-state index in [-0.39, 0.29) is 0 Å². The van der Waals surface area contributed by atoms with Gasteiger partial charge >= 0.3 is 0 Å². The Morgan fingerprint density at radius 2 is 1.43 bits per heavy atom. The van der Waals surface area contributed by atoms with E-state index in [9.17, 15) is 0 Å². The molecule has 0 amide bonds. The van der Waals surface area contributed by atoms with Crippen LogP contribution >= 0.6 is 0 Å². The molecule has 0 rings (SSSR count). The highest BCUT2D eigenvalue weighted by Gasteiger charge is 2.33. The summed E-state index contributed by atoms with van der Waals surface area (Å²) in [5, 5.41) is 0. The van der Waals surface area contributed by atoms with Crippen LogP contribution in [-0.4, -0.2) is 13.2 Å². The van der Waals surface area contributed by atoms with Gasteiger partial charge in [0.15, 0.2) is 0 Å². The van der Waals surface area contributed by atoms with E-state index in [2.05, 4.69) is 48.5 Å². The Morgan fingerprint density at radius 3 is 1.64 bits per heavy atom. The SMILES string of the molecule is COC(C)C(CC(C)(C)C)C(C)(C)C. The summed E-state index contributed by atoms with van der Waals surface area (Å²) in [4.78, 5) is 0. The zero-order valence-corrected chi connectivity index (χ0v) is 11.3. The lowest BCUT2D eigenvalue weighted by molar-refractivity contribution is -0.00279. The van der Waals surface area contributed by atoms with Gasteiger partial charge in [-0.25, -0.2) is 0 Å². The van der Waals surface area contributed by atoms with E-state index < -0.39 is 0 Å². The summed E-state index contributed by atoms with van der Waals surface area (Å²) < 4.78 is 5.48. The highest BCUT2D eigenvalue weighted by Crippen LogP contribution is 2.38. The lowest BCUT2D eigenvalue weighted by atomic mass is 9.70. The van der Waals surface area contributed by atoms with Gasteiger partial charge in [-0.3, -0.25) is 0 Å². The molecule has 1 heteroatoms. The van der Waals surface area contributed by atoms with Crippen LogP contribution in [0.5, 0.6) is 0 Å². The van der Waals surface area contributed by atoms with Crippen LogP contribution in [0.3, 0.4) is 0 Å². The number of rotatable bonds is 3. The first-order chi connectivity index (χ1) is 6.08. The standard InChI is InChI=1S/C13H28O/c1-10(14-8)11(13(5,6)7)9-12(2,3)4/h10-11H,9H2,1-8H3. The molecule has 0 radical (unpaired) electrons. The number of ether oxygens (including phenoxy) is 1. The third-order valence-corrected chi connectivity index (χ3v) is 2.88. The first kappa shape index (κ1) is 14.0. The average Bonchev–Trinajstić information content (AvgIpc) is 1.95. The van der Waals surface area contributed by atoms with E-state index in [1.807, 2.05) is 7.11 Å². The maximum atomic E-state index is 5.48. The van der Waals surface area contributed by atoms with E-state index in [1.165, 1.54) is 6.42 Å². The molecule has 0 aliphatic heterocycles. The first-order valence-electron chi connectivity index (χ1n) is 5.61. The molecule has 1 nitrogen and oxygen atoms in total. The zero-order valence-electron chi connectivity index (χ0n) is 11.3. The summed E-state index contributed by atoms with van der Waals surface area (Å²) in [7, 11) is 1.81. The minimum atomic E-state index is 0.322. The topological polar surface area (TPSA) is 9.23 Å². The second-order valence-corrected chi connectivity index (χ2v) is 6.68. The van der Waals surface area contributed by atoms with Crippen LogP contribution in [0.4, 0.5) is 0 Å². The molecule has 0 aliphatic rings. The fourth-order valence-electron chi connectivity index (χ4n) is 2.00. The third kappa shape index (κ3) is 4.99. The van der Waals surface area contributed by atoms with E-state index in [0.29, 0.717) is 22.9 Å². The Labute approximate surface area is 90.2 Å². The Balaban J connectivity index is 4.58. The van der Waals surface area contributed by atoms with Crippen molar-refractivity contribution >= 4 is 0 Å². The summed E-state index contributed by atoms with van der Waals surface area (Å²) in [6, 6.07) is 0. The van der Waals surface area contributed by atoms with Crippen molar-refractivity contribution in [1.82, 2.24) is 0 Å². The van der Waals surface area contributed by atoms with E-state index in [0.717, 1.165) is 0 Å². The van der Waals surface area contributed by atoms with Gasteiger partial charge in [-0.1, -0.05) is 41.5 Å². The average molecular weight is 200 g/mol. The molecule has 0 aromatic rings. The summed E-state index contributed by atoms with van der Waals surface area (Å²) >= 11 is 0. The molecule has 14 heavy (non-hydrogen) atoms. The number of hydrogen-bond acceptors (Lipinski definition) is 1. The van der Waals surface area contributed by atoms with Crippen LogP contribution in [0.25, 0.3) is 0 Å². The monoisotopic (exact) mass is 200 g/mol. The molecular formula is C13H28O. The second-order valence-electron chi connectivity index (χ2n) is 6.68. The molecule has 0 saturated heterocycles. The van der Waals surface area contributed by atoms with Crippen LogP contribution in [0.2, 0.25) is 0 Å². The Morgan fingerprint density at radius 1 is 1.00 bits per heavy atom. The largest absolute Gasteiger partial charge is 0.381 e. The van der Waals surface area contributed by atoms with Crippen molar-refractivity contribution in [2.24, 2.45) is 16.7 Å². The molecule has 0 aliphatic carbocycles. The molecule has 2 unspecified atom stereocenters. The molecule has 2 atom stereocenters. The zero-order chi connectivity index (χ0) is 11.6. The Hall–Kier alpha value is -0.0400. The lowest BCUT2D eigenvalue weighted by Crippen LogP contribution is -2.34. The minimum absolute atomic E-state index is 0.322. The molecule has 0 heterocycles. The van der Waals surface area contributed by atoms with Crippen LogP contribution < -0.4 is 0 Å². The maximum absolute atomic E-state index is 5.48. The molecule has 0 fully saturated rings. The van der Waals surface area contributed by atoms with Crippen molar-refractivity contribution in [1.29, 1.82) is 0 Å². The predicted octanol–water partition coefficient (Wildman–Crippen LogP) is 4.12. The van der Waals surface area contributed by atoms with Crippen molar-refractivity contribution in [2.75, 3.05) is 7.11 Å². The van der Waals surface area contributed by atoms with Gasteiger partial charge in [0, 0.05) is 7.11 Å². The smallest absolute Gasteiger partial charge is 0.0576 e. The van der Waals surface area contributed by atoms with Crippen molar-refractivity contribution < 1.29 is 4.74 Å². The van der Waals surface area contributed by atoms with Gasteiger partial charge in [0.1, 0.15) is 0 Å². The van der Waals surface area contributed by atoms with E-state index in [4.69, 9.17) is 4.74 Å². The fourth-order valence-corrected chi connectivity index (χ4v) is 2.00. The minimum Gasteiger partial charge on any atom is -0.381 e. The lowest BCUT2D eigenvalue weighted by Gasteiger charge is -2.38. The first-order valence-corrected chi connectivity index (χ1v) is 5.61. The highest BCUT2D eigenvalue weighted by atomic mass is 16.5. The fraction of sp³-hybridized carbons (Fsp3) is 1.00. The van der Waals surface area contributed by atoms with Crippen LogP contribution in [0.15, 0.2) is 0 Å². The quantitative estimate of drug-likeness (QED) is 0.666. The predicted molar refractivity (Wildman–Crippen MR) is 63.5 cm³/mol. The number of methoxy groups -OCH3 is 1. The van der Waals surface area contributed by atoms with Crippen LogP contribution in [0, 0.1) is 16.7 Å². The normalized spacial score (nSPS) is 18.0. The van der Waals surface area contributed by atoms with Crippen molar-refractivity contribution in [3.63, 3.8) is 0 Å². The van der Waals surface area contributed by atoms with Crippen LogP contribution in [-0.2, 0) is 4.74 Å². The van der Waals surface area contributed by atoms with Gasteiger partial charge in [0.2, 0.25) is 0 Å².